The van der Waals surface area contributed by atoms with E-state index in [-0.39, 0.29) is 22.0 Å². The van der Waals surface area contributed by atoms with Gasteiger partial charge in [0.1, 0.15) is 5.82 Å². The highest BCUT2D eigenvalue weighted by Gasteiger charge is 2.30. The normalized spacial score (nSPS) is 15.0. The van der Waals surface area contributed by atoms with Crippen LogP contribution < -0.4 is 0 Å². The topological polar surface area (TPSA) is 66.9 Å². The lowest BCUT2D eigenvalue weighted by molar-refractivity contribution is -0.135. The van der Waals surface area contributed by atoms with E-state index in [1.807, 2.05) is 0 Å². The summed E-state index contributed by atoms with van der Waals surface area (Å²) < 4.78 is 46.9. The van der Waals surface area contributed by atoms with Crippen LogP contribution in [0, 0.1) is 5.82 Å². The molecule has 1 aliphatic rings. The number of hydrogen-bond donors (Lipinski definition) is 0. The maximum absolute atomic E-state index is 14.3. The highest BCUT2D eigenvalue weighted by Crippen LogP contribution is 2.25. The first-order chi connectivity index (χ1) is 13.8. The van der Waals surface area contributed by atoms with Crippen LogP contribution in [0.15, 0.2) is 47.4 Å². The van der Waals surface area contributed by atoms with E-state index in [2.05, 4.69) is 0 Å². The lowest BCUT2D eigenvalue weighted by Gasteiger charge is -2.30. The van der Waals surface area contributed by atoms with Crippen LogP contribution in [0.1, 0.15) is 5.56 Å². The van der Waals surface area contributed by atoms with Gasteiger partial charge in [-0.15, -0.1) is 0 Å². The first-order valence-corrected chi connectivity index (χ1v) is 11.0. The van der Waals surface area contributed by atoms with Crippen molar-refractivity contribution >= 4 is 39.1 Å². The van der Waals surface area contributed by atoms with Gasteiger partial charge in [0.05, 0.1) is 24.7 Å². The maximum atomic E-state index is 14.3. The van der Waals surface area contributed by atoms with Crippen molar-refractivity contribution in [1.29, 1.82) is 0 Å². The zero-order valence-corrected chi connectivity index (χ0v) is 17.7. The molecular weight excluding hydrogens is 442 g/mol. The summed E-state index contributed by atoms with van der Waals surface area (Å²) >= 11 is 11.9. The number of ether oxygens (including phenoxy) is 1. The molecule has 0 bridgehead atoms. The molecule has 0 spiro atoms. The summed E-state index contributed by atoms with van der Waals surface area (Å²) in [5.74, 6) is -1.04. The van der Waals surface area contributed by atoms with Gasteiger partial charge in [0, 0.05) is 35.2 Å². The summed E-state index contributed by atoms with van der Waals surface area (Å²) in [5, 5.41) is 0.456. The molecular formula is C19H19Cl2FN2O4S. The molecule has 29 heavy (non-hydrogen) atoms. The van der Waals surface area contributed by atoms with Gasteiger partial charge in [-0.2, -0.15) is 4.31 Å². The van der Waals surface area contributed by atoms with E-state index in [4.69, 9.17) is 27.9 Å². The summed E-state index contributed by atoms with van der Waals surface area (Å²) in [6.45, 7) is 0.675. The zero-order chi connectivity index (χ0) is 21.0. The van der Waals surface area contributed by atoms with Gasteiger partial charge in [-0.05, 0) is 36.4 Å². The number of sulfonamides is 1. The van der Waals surface area contributed by atoms with Crippen molar-refractivity contribution in [3.8, 4) is 0 Å². The summed E-state index contributed by atoms with van der Waals surface area (Å²) in [7, 11) is -4.11. The minimum absolute atomic E-state index is 0.00137. The lowest BCUT2D eigenvalue weighted by atomic mass is 10.2. The molecule has 2 aromatic carbocycles. The quantitative estimate of drug-likeness (QED) is 0.663. The Labute approximate surface area is 178 Å². The second-order valence-electron chi connectivity index (χ2n) is 6.42. The van der Waals surface area contributed by atoms with E-state index < -0.39 is 28.3 Å². The van der Waals surface area contributed by atoms with Crippen molar-refractivity contribution in [1.82, 2.24) is 9.21 Å². The SMILES string of the molecule is O=C(CN(Cc1c(F)cccc1Cl)S(=O)(=O)c1ccc(Cl)cc1)N1CCOCC1. The van der Waals surface area contributed by atoms with Gasteiger partial charge in [0.2, 0.25) is 15.9 Å². The Morgan fingerprint density at radius 1 is 1.10 bits per heavy atom. The Kier molecular flexibility index (Phi) is 7.13. The van der Waals surface area contributed by atoms with Crippen LogP contribution in [0.25, 0.3) is 0 Å². The van der Waals surface area contributed by atoms with Gasteiger partial charge < -0.3 is 9.64 Å². The van der Waals surface area contributed by atoms with Gasteiger partial charge in [-0.1, -0.05) is 29.3 Å². The molecule has 6 nitrogen and oxygen atoms in total. The number of carbonyl (C=O) groups excluding carboxylic acids is 1. The summed E-state index contributed by atoms with van der Waals surface area (Å²) in [6.07, 6.45) is 0. The summed E-state index contributed by atoms with van der Waals surface area (Å²) in [5.41, 5.74) is 0.00137. The van der Waals surface area contributed by atoms with Gasteiger partial charge >= 0.3 is 0 Å². The Balaban J connectivity index is 1.94. The van der Waals surface area contributed by atoms with Gasteiger partial charge in [0.15, 0.2) is 0 Å². The third-order valence-electron chi connectivity index (χ3n) is 4.52. The average molecular weight is 461 g/mol. The Bertz CT molecular complexity index is 960. The van der Waals surface area contributed by atoms with Crippen molar-refractivity contribution in [2.75, 3.05) is 32.8 Å². The molecule has 156 valence electrons. The number of rotatable bonds is 6. The molecule has 1 fully saturated rings. The van der Waals surface area contributed by atoms with Crippen molar-refractivity contribution in [3.63, 3.8) is 0 Å². The van der Waals surface area contributed by atoms with Crippen molar-refractivity contribution in [3.05, 3.63) is 63.9 Å². The maximum Gasteiger partial charge on any atom is 0.243 e. The minimum Gasteiger partial charge on any atom is -0.378 e. The third-order valence-corrected chi connectivity index (χ3v) is 6.93. The van der Waals surface area contributed by atoms with E-state index in [1.165, 1.54) is 47.4 Å². The molecule has 0 N–H and O–H groups in total. The second kappa shape index (κ2) is 9.40. The van der Waals surface area contributed by atoms with Crippen LogP contribution >= 0.6 is 23.2 Å². The van der Waals surface area contributed by atoms with Crippen molar-refractivity contribution in [2.45, 2.75) is 11.4 Å². The molecule has 0 aromatic heterocycles. The van der Waals surface area contributed by atoms with Crippen LogP contribution in [0.5, 0.6) is 0 Å². The van der Waals surface area contributed by atoms with Crippen LogP contribution in [-0.2, 0) is 26.1 Å². The Morgan fingerprint density at radius 3 is 2.38 bits per heavy atom. The average Bonchev–Trinajstić information content (AvgIpc) is 2.70. The first-order valence-electron chi connectivity index (χ1n) is 8.83. The lowest BCUT2D eigenvalue weighted by Crippen LogP contribution is -2.47. The number of amides is 1. The van der Waals surface area contributed by atoms with Crippen LogP contribution in [0.4, 0.5) is 4.39 Å². The summed E-state index contributed by atoms with van der Waals surface area (Å²) in [6, 6.07) is 9.64. The highest BCUT2D eigenvalue weighted by atomic mass is 35.5. The predicted octanol–water partition coefficient (Wildman–Crippen LogP) is 3.18. The molecule has 1 saturated heterocycles. The van der Waals surface area contributed by atoms with Crippen LogP contribution in [-0.4, -0.2) is 56.4 Å². The predicted molar refractivity (Wildman–Crippen MR) is 108 cm³/mol. The standard InChI is InChI=1S/C19H19Cl2FN2O4S/c20-14-4-6-15(7-5-14)29(26,27)24(12-16-17(21)2-1-3-18(16)22)13-19(25)23-8-10-28-11-9-23/h1-7H,8-13H2. The number of hydrogen-bond acceptors (Lipinski definition) is 4. The van der Waals surface area contributed by atoms with E-state index >= 15 is 0 Å². The van der Waals surface area contributed by atoms with Crippen LogP contribution in [0.2, 0.25) is 10.0 Å². The molecule has 1 amide bonds. The molecule has 3 rings (SSSR count). The monoisotopic (exact) mass is 460 g/mol. The number of nitrogens with zero attached hydrogens (tertiary/aromatic N) is 2. The van der Waals surface area contributed by atoms with Gasteiger partial charge in [-0.3, -0.25) is 4.79 Å². The molecule has 0 unspecified atom stereocenters. The molecule has 1 aliphatic heterocycles. The smallest absolute Gasteiger partial charge is 0.243 e. The fourth-order valence-electron chi connectivity index (χ4n) is 2.90. The van der Waals surface area contributed by atoms with Crippen molar-refractivity contribution in [2.24, 2.45) is 0 Å². The number of carbonyl (C=O) groups is 1. The molecule has 10 heteroatoms. The summed E-state index contributed by atoms with van der Waals surface area (Å²) in [4.78, 5) is 14.2. The number of morpholine rings is 1. The second-order valence-corrected chi connectivity index (χ2v) is 9.20. The fraction of sp³-hybridized carbons (Fsp3) is 0.316. The molecule has 0 aliphatic carbocycles. The molecule has 2 aromatic rings. The zero-order valence-electron chi connectivity index (χ0n) is 15.4. The Morgan fingerprint density at radius 2 is 1.76 bits per heavy atom. The molecule has 1 heterocycles. The van der Waals surface area contributed by atoms with Gasteiger partial charge in [-0.25, -0.2) is 12.8 Å². The van der Waals surface area contributed by atoms with E-state index in [0.29, 0.717) is 31.3 Å². The van der Waals surface area contributed by atoms with Crippen molar-refractivity contribution < 1.29 is 22.3 Å². The molecule has 0 saturated carbocycles. The third kappa shape index (κ3) is 5.26. The minimum atomic E-state index is -4.11. The fourth-order valence-corrected chi connectivity index (χ4v) is 4.61. The van der Waals surface area contributed by atoms with E-state index in [1.54, 1.807) is 0 Å². The number of halogens is 3. The van der Waals surface area contributed by atoms with E-state index in [9.17, 15) is 17.6 Å². The van der Waals surface area contributed by atoms with Gasteiger partial charge in [0.25, 0.3) is 0 Å². The first kappa shape index (κ1) is 22.0. The van der Waals surface area contributed by atoms with Crippen LogP contribution in [0.3, 0.4) is 0 Å². The largest absolute Gasteiger partial charge is 0.378 e. The number of benzene rings is 2. The molecule has 0 radical (unpaired) electrons. The Hall–Kier alpha value is -1.71. The highest BCUT2D eigenvalue weighted by molar-refractivity contribution is 7.89. The van der Waals surface area contributed by atoms with E-state index in [0.717, 1.165) is 4.31 Å². The molecule has 0 atom stereocenters.